The van der Waals surface area contributed by atoms with Crippen molar-refractivity contribution in [3.63, 3.8) is 0 Å². The number of fused-ring (bicyclic) bond motifs is 1. The van der Waals surface area contributed by atoms with E-state index in [0.717, 1.165) is 18.6 Å². The van der Waals surface area contributed by atoms with Gasteiger partial charge in [-0.2, -0.15) is 17.5 Å². The summed E-state index contributed by atoms with van der Waals surface area (Å²) >= 11 is 0.873. The summed E-state index contributed by atoms with van der Waals surface area (Å²) in [4.78, 5) is 35.3. The highest BCUT2D eigenvalue weighted by Gasteiger charge is 2.35. The number of aromatic nitrogens is 3. The molecular weight excluding hydrogens is 363 g/mol. The molecule has 2 aromatic heterocycles. The number of halogens is 3. The van der Waals surface area contributed by atoms with Crippen LogP contribution < -0.4 is 16.4 Å². The van der Waals surface area contributed by atoms with Crippen molar-refractivity contribution in [3.8, 4) is 5.69 Å². The molecule has 0 radical (unpaired) electrons. The molecule has 0 spiro atoms. The van der Waals surface area contributed by atoms with Gasteiger partial charge in [-0.05, 0) is 29.7 Å². The average Bonchev–Trinajstić information content (AvgIpc) is 2.93. The van der Waals surface area contributed by atoms with E-state index in [2.05, 4.69) is 4.37 Å². The lowest BCUT2D eigenvalue weighted by Gasteiger charge is -2.14. The molecule has 3 rings (SSSR count). The van der Waals surface area contributed by atoms with Gasteiger partial charge >= 0.3 is 11.9 Å². The van der Waals surface area contributed by atoms with Gasteiger partial charge in [-0.15, -0.1) is 0 Å². The highest BCUT2D eigenvalue weighted by atomic mass is 32.1. The minimum absolute atomic E-state index is 0.0745. The molecule has 2 heterocycles. The third kappa shape index (κ3) is 2.71. The molecule has 0 aliphatic rings. The number of hydrogen-bond donors (Lipinski definition) is 0. The Balaban J connectivity index is 2.31. The summed E-state index contributed by atoms with van der Waals surface area (Å²) < 4.78 is 43.6. The number of aromatic carboxylic acids is 1. The Kier molecular flexibility index (Phi) is 3.75. The van der Waals surface area contributed by atoms with Crippen molar-refractivity contribution in [2.45, 2.75) is 6.18 Å². The molecule has 0 aliphatic heterocycles. The molecule has 3 aromatic rings. The van der Waals surface area contributed by atoms with Crippen molar-refractivity contribution < 1.29 is 23.1 Å². The van der Waals surface area contributed by atoms with Gasteiger partial charge in [0.05, 0.1) is 16.4 Å². The summed E-state index contributed by atoms with van der Waals surface area (Å²) in [6.07, 6.45) is -4.87. The van der Waals surface area contributed by atoms with Crippen LogP contribution >= 0.6 is 11.5 Å². The van der Waals surface area contributed by atoms with Gasteiger partial charge in [0.25, 0.3) is 5.56 Å². The largest absolute Gasteiger partial charge is 0.543 e. The van der Waals surface area contributed by atoms with E-state index in [1.807, 2.05) is 0 Å². The van der Waals surface area contributed by atoms with Crippen LogP contribution in [0.15, 0.2) is 33.9 Å². The van der Waals surface area contributed by atoms with Gasteiger partial charge < -0.3 is 9.90 Å². The molecule has 130 valence electrons. The number of benzene rings is 1. The topological polar surface area (TPSA) is 97.0 Å². The van der Waals surface area contributed by atoms with E-state index in [1.54, 1.807) is 0 Å². The molecule has 0 saturated carbocycles. The minimum Gasteiger partial charge on any atom is -0.543 e. The van der Waals surface area contributed by atoms with Crippen LogP contribution in [-0.4, -0.2) is 19.5 Å². The maximum Gasteiger partial charge on any atom is 0.431 e. The van der Waals surface area contributed by atoms with Crippen molar-refractivity contribution in [2.24, 2.45) is 7.05 Å². The minimum atomic E-state index is -4.87. The summed E-state index contributed by atoms with van der Waals surface area (Å²) in [5.41, 5.74) is -4.23. The van der Waals surface area contributed by atoms with Gasteiger partial charge in [0.1, 0.15) is 11.4 Å². The molecule has 0 fully saturated rings. The Morgan fingerprint density at radius 2 is 1.92 bits per heavy atom. The lowest BCUT2D eigenvalue weighted by atomic mass is 10.2. The molecule has 0 aliphatic carbocycles. The second kappa shape index (κ2) is 5.55. The van der Waals surface area contributed by atoms with E-state index >= 15 is 0 Å². The zero-order valence-electron chi connectivity index (χ0n) is 12.3. The van der Waals surface area contributed by atoms with Crippen LogP contribution in [0.4, 0.5) is 13.2 Å². The molecule has 1 aromatic carbocycles. The summed E-state index contributed by atoms with van der Waals surface area (Å²) in [6.45, 7) is 0. The smallest absolute Gasteiger partial charge is 0.431 e. The van der Waals surface area contributed by atoms with E-state index in [-0.39, 0.29) is 16.8 Å². The summed E-state index contributed by atoms with van der Waals surface area (Å²) in [6, 6.07) is 4.23. The fourth-order valence-electron chi connectivity index (χ4n) is 2.35. The Hall–Kier alpha value is -2.95. The number of rotatable bonds is 2. The second-order valence-corrected chi connectivity index (χ2v) is 5.85. The standard InChI is InChI=1S/C14H8F3N3O4S/c1-19-9(14(15,16)17)5-10(21)20(13(19)24)6-2-3-8-7(4-6)11(12(22)23)18-25-8/h2-5H,1H3,(H,22,23)/p-1. The van der Waals surface area contributed by atoms with Gasteiger partial charge in [-0.25, -0.2) is 9.36 Å². The zero-order chi connectivity index (χ0) is 18.5. The third-order valence-electron chi connectivity index (χ3n) is 3.52. The lowest BCUT2D eigenvalue weighted by Crippen LogP contribution is -2.40. The number of carboxylic acid groups (broad SMARTS) is 1. The molecule has 0 unspecified atom stereocenters. The normalized spacial score (nSPS) is 11.8. The quantitative estimate of drug-likeness (QED) is 0.656. The zero-order valence-corrected chi connectivity index (χ0v) is 13.1. The van der Waals surface area contributed by atoms with Crippen LogP contribution in [0, 0.1) is 0 Å². The number of nitrogens with zero attached hydrogens (tertiary/aromatic N) is 3. The van der Waals surface area contributed by atoms with Gasteiger partial charge in [-0.1, -0.05) is 0 Å². The predicted molar refractivity (Wildman–Crippen MR) is 79.8 cm³/mol. The Morgan fingerprint density at radius 3 is 2.52 bits per heavy atom. The molecule has 25 heavy (non-hydrogen) atoms. The highest BCUT2D eigenvalue weighted by molar-refractivity contribution is 7.13. The molecule has 0 N–H and O–H groups in total. The molecular formula is C14H7F3N3O4S-. The summed E-state index contributed by atoms with van der Waals surface area (Å²) in [7, 11) is 0.887. The van der Waals surface area contributed by atoms with Crippen molar-refractivity contribution in [1.82, 2.24) is 13.5 Å². The van der Waals surface area contributed by atoms with Crippen LogP contribution in [0.25, 0.3) is 15.8 Å². The van der Waals surface area contributed by atoms with E-state index < -0.39 is 29.1 Å². The predicted octanol–water partition coefficient (Wildman–Crippen LogP) is 0.528. The van der Waals surface area contributed by atoms with Crippen molar-refractivity contribution in [2.75, 3.05) is 0 Å². The molecule has 7 nitrogen and oxygen atoms in total. The number of hydrogen-bond acceptors (Lipinski definition) is 6. The fourth-order valence-corrected chi connectivity index (χ4v) is 3.09. The number of carbonyl (C=O) groups is 1. The van der Waals surface area contributed by atoms with Crippen molar-refractivity contribution in [3.05, 3.63) is 56.5 Å². The summed E-state index contributed by atoms with van der Waals surface area (Å²) in [5.74, 6) is -1.55. The maximum absolute atomic E-state index is 12.9. The first-order valence-electron chi connectivity index (χ1n) is 6.62. The number of carbonyl (C=O) groups excluding carboxylic acids is 1. The van der Waals surface area contributed by atoms with Crippen LogP contribution in [-0.2, 0) is 13.2 Å². The Morgan fingerprint density at radius 1 is 1.24 bits per heavy atom. The first kappa shape index (κ1) is 16.9. The third-order valence-corrected chi connectivity index (χ3v) is 4.34. The second-order valence-electron chi connectivity index (χ2n) is 5.04. The average molecular weight is 370 g/mol. The lowest BCUT2D eigenvalue weighted by molar-refractivity contribution is -0.255. The van der Waals surface area contributed by atoms with Crippen molar-refractivity contribution >= 4 is 27.6 Å². The monoisotopic (exact) mass is 370 g/mol. The molecule has 0 atom stereocenters. The Labute approximate surface area is 140 Å². The van der Waals surface area contributed by atoms with Crippen LogP contribution in [0.3, 0.4) is 0 Å². The van der Waals surface area contributed by atoms with Crippen LogP contribution in [0.1, 0.15) is 16.2 Å². The fraction of sp³-hybridized carbons (Fsp3) is 0.143. The Bertz CT molecular complexity index is 1130. The van der Waals surface area contributed by atoms with Gasteiger partial charge in [0.2, 0.25) is 0 Å². The first-order valence-corrected chi connectivity index (χ1v) is 7.40. The van der Waals surface area contributed by atoms with E-state index in [4.69, 9.17) is 0 Å². The van der Waals surface area contributed by atoms with E-state index in [9.17, 15) is 32.7 Å². The van der Waals surface area contributed by atoms with Gasteiger partial charge in [0.15, 0.2) is 0 Å². The number of carboxylic acids is 1. The van der Waals surface area contributed by atoms with Crippen LogP contribution in [0.5, 0.6) is 0 Å². The van der Waals surface area contributed by atoms with Gasteiger partial charge in [-0.3, -0.25) is 9.36 Å². The summed E-state index contributed by atoms with van der Waals surface area (Å²) in [5, 5.41) is 11.2. The highest BCUT2D eigenvalue weighted by Crippen LogP contribution is 2.27. The van der Waals surface area contributed by atoms with E-state index in [0.29, 0.717) is 19.9 Å². The van der Waals surface area contributed by atoms with Crippen molar-refractivity contribution in [1.29, 1.82) is 0 Å². The SMILES string of the molecule is Cn1c(C(F)(F)F)cc(=O)n(-c2ccc3snc(C(=O)[O-])c3c2)c1=O. The first-order chi connectivity index (χ1) is 11.6. The molecule has 0 saturated heterocycles. The molecule has 0 bridgehead atoms. The number of alkyl halides is 3. The van der Waals surface area contributed by atoms with Gasteiger partial charge in [0, 0.05) is 18.5 Å². The maximum atomic E-state index is 12.9. The van der Waals surface area contributed by atoms with Crippen LogP contribution in [0.2, 0.25) is 0 Å². The van der Waals surface area contributed by atoms with E-state index in [1.165, 1.54) is 18.2 Å². The molecule has 0 amide bonds. The molecule has 11 heteroatoms.